The molecular weight excluding hydrogens is 166 g/mol. The van der Waals surface area contributed by atoms with Crippen molar-refractivity contribution in [3.8, 4) is 0 Å². The van der Waals surface area contributed by atoms with Gasteiger partial charge in [-0.15, -0.1) is 0 Å². The van der Waals surface area contributed by atoms with Crippen molar-refractivity contribution < 1.29 is 32.8 Å². The van der Waals surface area contributed by atoms with Gasteiger partial charge in [0.25, 0.3) is 0 Å². The molecular formula is C3H2F6O. The summed E-state index contributed by atoms with van der Waals surface area (Å²) in [5.74, 6) is -5.58. The normalized spacial score (nSPS) is 23.0. The molecule has 62 valence electrons. The zero-order valence-electron chi connectivity index (χ0n) is 6.18. The SMILES string of the molecule is [2H]OC(F)(C([2H])(F)F)C(F)(F)F. The molecule has 7 heteroatoms. The summed E-state index contributed by atoms with van der Waals surface area (Å²) in [6.45, 7) is 0. The van der Waals surface area contributed by atoms with Crippen LogP contribution >= 0.6 is 0 Å². The van der Waals surface area contributed by atoms with Gasteiger partial charge in [-0.3, -0.25) is 0 Å². The lowest BCUT2D eigenvalue weighted by atomic mass is 10.3. The largest absolute Gasteiger partial charge is 0.454 e. The molecule has 0 bridgehead atoms. The molecule has 0 saturated carbocycles. The Kier molecular flexibility index (Phi) is 1.44. The lowest BCUT2D eigenvalue weighted by molar-refractivity contribution is -0.352. The topological polar surface area (TPSA) is 20.2 Å². The van der Waals surface area contributed by atoms with Crippen LogP contribution in [0, 0.1) is 0 Å². The van der Waals surface area contributed by atoms with Gasteiger partial charge in [0.1, 0.15) is 1.37 Å². The van der Waals surface area contributed by atoms with Crippen LogP contribution in [0.2, 0.25) is 0 Å². The van der Waals surface area contributed by atoms with Crippen LogP contribution < -0.4 is 0 Å². The van der Waals surface area contributed by atoms with Crippen LogP contribution in [0.25, 0.3) is 0 Å². The first kappa shape index (κ1) is 6.26. The van der Waals surface area contributed by atoms with E-state index in [-0.39, 0.29) is 0 Å². The number of hydrogen-bond donors (Lipinski definition) is 1. The molecule has 0 aromatic rings. The summed E-state index contributed by atoms with van der Waals surface area (Å²) < 4.78 is 80.3. The molecule has 0 aliphatic heterocycles. The van der Waals surface area contributed by atoms with Crippen LogP contribution in [0.1, 0.15) is 1.37 Å². The van der Waals surface area contributed by atoms with E-state index in [1.165, 1.54) is 0 Å². The fourth-order valence-corrected chi connectivity index (χ4v) is 0.107. The van der Waals surface area contributed by atoms with Crippen LogP contribution in [0.5, 0.6) is 0 Å². The molecule has 1 unspecified atom stereocenters. The van der Waals surface area contributed by atoms with E-state index in [1.807, 2.05) is 0 Å². The van der Waals surface area contributed by atoms with Gasteiger partial charge in [0.2, 0.25) is 1.43 Å². The summed E-state index contributed by atoms with van der Waals surface area (Å²) >= 11 is 0. The average molecular weight is 170 g/mol. The second kappa shape index (κ2) is 2.30. The molecule has 0 saturated heterocycles. The quantitative estimate of drug-likeness (QED) is 0.622. The number of halogens is 6. The Balaban J connectivity index is 4.95. The van der Waals surface area contributed by atoms with E-state index in [1.54, 1.807) is 0 Å². The summed E-state index contributed by atoms with van der Waals surface area (Å²) in [7, 11) is 0. The van der Waals surface area contributed by atoms with Crippen molar-refractivity contribution in [1.29, 1.82) is 1.43 Å². The van der Waals surface area contributed by atoms with E-state index in [9.17, 15) is 26.3 Å². The third-order valence-corrected chi connectivity index (χ3v) is 0.608. The Bertz CT molecular complexity index is 147. The van der Waals surface area contributed by atoms with Crippen LogP contribution in [0.3, 0.4) is 0 Å². The predicted molar refractivity (Wildman–Crippen MR) is 18.1 cm³/mol. The number of aliphatic hydroxyl groups is 1. The molecule has 0 aromatic carbocycles. The highest BCUT2D eigenvalue weighted by Crippen LogP contribution is 2.36. The van der Waals surface area contributed by atoms with Gasteiger partial charge in [0.05, 0.1) is 0 Å². The minimum absolute atomic E-state index is 2.19. The minimum Gasteiger partial charge on any atom is -0.350 e. The van der Waals surface area contributed by atoms with Gasteiger partial charge >= 0.3 is 18.4 Å². The van der Waals surface area contributed by atoms with Crippen molar-refractivity contribution in [2.24, 2.45) is 0 Å². The third kappa shape index (κ3) is 1.53. The highest BCUT2D eigenvalue weighted by atomic mass is 19.4. The number of alkyl halides is 6. The molecule has 1 N–H and O–H groups in total. The molecule has 0 aliphatic rings. The van der Waals surface area contributed by atoms with Gasteiger partial charge in [-0.1, -0.05) is 0 Å². The molecule has 1 nitrogen and oxygen atoms in total. The molecule has 0 amide bonds. The Morgan fingerprint density at radius 3 is 1.70 bits per heavy atom. The highest BCUT2D eigenvalue weighted by molar-refractivity contribution is 4.76. The van der Waals surface area contributed by atoms with Gasteiger partial charge in [-0.05, 0) is 0 Å². The van der Waals surface area contributed by atoms with Crippen LogP contribution in [-0.2, 0) is 0 Å². The molecule has 0 aliphatic carbocycles. The maximum absolute atomic E-state index is 12.1. The van der Waals surface area contributed by atoms with Gasteiger partial charge in [-0.25, -0.2) is 8.78 Å². The van der Waals surface area contributed by atoms with E-state index in [4.69, 9.17) is 2.80 Å². The first-order chi connectivity index (χ1) is 5.06. The maximum atomic E-state index is 12.1. The van der Waals surface area contributed by atoms with E-state index >= 15 is 0 Å². The molecule has 1 atom stereocenters. The molecule has 0 spiro atoms. The standard InChI is InChI=1S/C3H2F6O/c4-1(5)2(6,10)3(7,8)9/h1,10H/i1D,10D. The van der Waals surface area contributed by atoms with Crippen LogP contribution in [0.4, 0.5) is 26.3 Å². The molecule has 10 heavy (non-hydrogen) atoms. The first-order valence-electron chi connectivity index (χ1n) is 2.75. The summed E-state index contributed by atoms with van der Waals surface area (Å²) in [6, 6.07) is 0. The van der Waals surface area contributed by atoms with Crippen molar-refractivity contribution in [1.82, 2.24) is 0 Å². The van der Waals surface area contributed by atoms with E-state index in [0.717, 1.165) is 0 Å². The zero-order valence-corrected chi connectivity index (χ0v) is 4.18. The molecule has 0 radical (unpaired) electrons. The average Bonchev–Trinajstić information content (AvgIpc) is 1.81. The Labute approximate surface area is 54.2 Å². The predicted octanol–water partition coefficient (Wildman–Crippen LogP) is 1.47. The van der Waals surface area contributed by atoms with Gasteiger partial charge in [0.15, 0.2) is 0 Å². The molecule has 0 fully saturated rings. The lowest BCUT2D eigenvalue weighted by Gasteiger charge is -2.20. The second-order valence-corrected chi connectivity index (χ2v) is 1.35. The van der Waals surface area contributed by atoms with Crippen molar-refractivity contribution in [2.75, 3.05) is 0 Å². The molecule has 0 rings (SSSR count). The lowest BCUT2D eigenvalue weighted by Crippen LogP contribution is -2.47. The fraction of sp³-hybridized carbons (Fsp3) is 1.00. The van der Waals surface area contributed by atoms with Gasteiger partial charge < -0.3 is 5.11 Å². The number of rotatable bonds is 2. The number of hydrogen-bond acceptors (Lipinski definition) is 1. The van der Waals surface area contributed by atoms with Crippen molar-refractivity contribution in [3.05, 3.63) is 0 Å². The third-order valence-electron chi connectivity index (χ3n) is 0.608. The fourth-order valence-electron chi connectivity index (χ4n) is 0.107. The minimum atomic E-state index is -6.12. The van der Waals surface area contributed by atoms with Crippen molar-refractivity contribution in [2.45, 2.75) is 18.4 Å². The van der Waals surface area contributed by atoms with Gasteiger partial charge in [-0.2, -0.15) is 17.6 Å². The van der Waals surface area contributed by atoms with Gasteiger partial charge in [0, 0.05) is 0 Å². The Morgan fingerprint density at radius 1 is 1.30 bits per heavy atom. The van der Waals surface area contributed by atoms with Crippen LogP contribution in [-0.4, -0.2) is 25.0 Å². The zero-order chi connectivity index (χ0) is 10.2. The Hall–Kier alpha value is -0.460. The monoisotopic (exact) mass is 170 g/mol. The molecule has 0 heterocycles. The summed E-state index contributed by atoms with van der Waals surface area (Å²) in [5.41, 5.74) is 0. The summed E-state index contributed by atoms with van der Waals surface area (Å²) in [6.07, 6.45) is -11.7. The van der Waals surface area contributed by atoms with E-state index < -0.39 is 18.4 Å². The van der Waals surface area contributed by atoms with Crippen LogP contribution in [0.15, 0.2) is 0 Å². The highest BCUT2D eigenvalue weighted by Gasteiger charge is 2.62. The summed E-state index contributed by atoms with van der Waals surface area (Å²) in [4.78, 5) is 0. The second-order valence-electron chi connectivity index (χ2n) is 1.35. The van der Waals surface area contributed by atoms with E-state index in [2.05, 4.69) is 5.11 Å². The van der Waals surface area contributed by atoms with Crippen molar-refractivity contribution >= 4 is 0 Å². The van der Waals surface area contributed by atoms with Crippen molar-refractivity contribution in [3.63, 3.8) is 0 Å². The first-order valence-corrected chi connectivity index (χ1v) is 1.84. The summed E-state index contributed by atoms with van der Waals surface area (Å²) in [5, 5.41) is 2.19. The maximum Gasteiger partial charge on any atom is 0.454 e. The Morgan fingerprint density at radius 2 is 1.70 bits per heavy atom. The molecule has 0 aromatic heterocycles. The smallest absolute Gasteiger partial charge is 0.350 e. The van der Waals surface area contributed by atoms with E-state index in [0.29, 0.717) is 0 Å².